The molecule has 2 rings (SSSR count). The fourth-order valence-corrected chi connectivity index (χ4v) is 1.57. The Morgan fingerprint density at radius 2 is 1.82 bits per heavy atom. The van der Waals surface area contributed by atoms with Crippen molar-refractivity contribution in [3.8, 4) is 0 Å². The van der Waals surface area contributed by atoms with Gasteiger partial charge >= 0.3 is 0 Å². The highest BCUT2D eigenvalue weighted by atomic mass is 16.4. The summed E-state index contributed by atoms with van der Waals surface area (Å²) in [5, 5.41) is 21.1. The smallest absolute Gasteiger partial charge is 0.129 e. The summed E-state index contributed by atoms with van der Waals surface area (Å²) >= 11 is 0. The van der Waals surface area contributed by atoms with Crippen LogP contribution in [0.25, 0.3) is 0 Å². The highest BCUT2D eigenvalue weighted by molar-refractivity contribution is 5.45. The number of nitrogens with one attached hydrogen (secondary N) is 1. The number of benzene rings is 1. The lowest BCUT2D eigenvalue weighted by Crippen LogP contribution is -1.98. The van der Waals surface area contributed by atoms with Crippen molar-refractivity contribution in [3.63, 3.8) is 0 Å². The van der Waals surface area contributed by atoms with Crippen LogP contribution in [-0.2, 0) is 19.8 Å². The number of hydrogen-bond donors (Lipinski definition) is 3. The van der Waals surface area contributed by atoms with Crippen molar-refractivity contribution >= 4 is 5.69 Å². The van der Waals surface area contributed by atoms with Crippen LogP contribution < -0.4 is 5.32 Å². The predicted molar refractivity (Wildman–Crippen MR) is 64.3 cm³/mol. The van der Waals surface area contributed by atoms with Crippen LogP contribution in [0, 0.1) is 0 Å². The molecule has 0 saturated carbocycles. The van der Waals surface area contributed by atoms with Gasteiger partial charge in [0.1, 0.15) is 18.1 Å². The Bertz CT molecular complexity index is 479. The molecular weight excluding hydrogens is 218 g/mol. The first-order valence-electron chi connectivity index (χ1n) is 5.44. The first kappa shape index (κ1) is 11.7. The average molecular weight is 233 g/mol. The van der Waals surface area contributed by atoms with Gasteiger partial charge in [-0.2, -0.15) is 0 Å². The minimum absolute atomic E-state index is 0.0327. The summed E-state index contributed by atoms with van der Waals surface area (Å²) in [5.41, 5.74) is 1.80. The van der Waals surface area contributed by atoms with Gasteiger partial charge in [0, 0.05) is 5.69 Å². The van der Waals surface area contributed by atoms with Gasteiger partial charge in [-0.15, -0.1) is 0 Å². The topological polar surface area (TPSA) is 65.6 Å². The number of anilines is 1. The Kier molecular flexibility index (Phi) is 3.80. The van der Waals surface area contributed by atoms with Crippen molar-refractivity contribution in [1.29, 1.82) is 0 Å². The lowest BCUT2D eigenvalue weighted by molar-refractivity contribution is 0.244. The Morgan fingerprint density at radius 1 is 1.00 bits per heavy atom. The first-order valence-corrected chi connectivity index (χ1v) is 5.44. The molecule has 0 atom stereocenters. The highest BCUT2D eigenvalue weighted by Crippen LogP contribution is 2.13. The number of rotatable bonds is 5. The number of aliphatic hydroxyl groups excluding tert-OH is 2. The van der Waals surface area contributed by atoms with E-state index in [2.05, 4.69) is 5.32 Å². The lowest BCUT2D eigenvalue weighted by Gasteiger charge is -2.05. The van der Waals surface area contributed by atoms with E-state index in [4.69, 9.17) is 14.6 Å². The van der Waals surface area contributed by atoms with Crippen LogP contribution in [0.5, 0.6) is 0 Å². The molecule has 0 amide bonds. The average Bonchev–Trinajstić information content (AvgIpc) is 2.84. The van der Waals surface area contributed by atoms with Gasteiger partial charge in [-0.25, -0.2) is 0 Å². The Labute approximate surface area is 99.5 Å². The summed E-state index contributed by atoms with van der Waals surface area (Å²) in [6.07, 6.45) is 0. The maximum atomic E-state index is 9.01. The summed E-state index contributed by atoms with van der Waals surface area (Å²) in [7, 11) is 0. The Morgan fingerprint density at radius 3 is 2.53 bits per heavy atom. The summed E-state index contributed by atoms with van der Waals surface area (Å²) in [6, 6.07) is 11.1. The quantitative estimate of drug-likeness (QED) is 0.737. The minimum atomic E-state index is -0.0833. The third-order valence-electron chi connectivity index (χ3n) is 2.45. The van der Waals surface area contributed by atoms with Crippen LogP contribution in [0.1, 0.15) is 17.1 Å². The SMILES string of the molecule is OCc1cccc(NCc2ccc(CO)o2)c1. The molecule has 0 radical (unpaired) electrons. The van der Waals surface area contributed by atoms with Gasteiger partial charge in [-0.1, -0.05) is 12.1 Å². The van der Waals surface area contributed by atoms with E-state index >= 15 is 0 Å². The second kappa shape index (κ2) is 5.52. The molecular formula is C13H15NO3. The zero-order valence-electron chi connectivity index (χ0n) is 9.39. The molecule has 2 aromatic rings. The molecule has 0 fully saturated rings. The van der Waals surface area contributed by atoms with Crippen LogP contribution in [0.15, 0.2) is 40.8 Å². The Balaban J connectivity index is 1.96. The third kappa shape index (κ3) is 3.09. The zero-order valence-corrected chi connectivity index (χ0v) is 9.39. The number of furan rings is 1. The predicted octanol–water partition coefficient (Wildman–Crippen LogP) is 1.88. The van der Waals surface area contributed by atoms with Crippen molar-refractivity contribution in [3.05, 3.63) is 53.5 Å². The van der Waals surface area contributed by atoms with E-state index in [1.165, 1.54) is 0 Å². The van der Waals surface area contributed by atoms with Gasteiger partial charge in [0.25, 0.3) is 0 Å². The van der Waals surface area contributed by atoms with Gasteiger partial charge in [0.2, 0.25) is 0 Å². The van der Waals surface area contributed by atoms with Crippen molar-refractivity contribution in [2.45, 2.75) is 19.8 Å². The van der Waals surface area contributed by atoms with E-state index in [1.807, 2.05) is 30.3 Å². The molecule has 0 aliphatic carbocycles. The molecule has 0 aliphatic rings. The molecule has 17 heavy (non-hydrogen) atoms. The van der Waals surface area contributed by atoms with Gasteiger partial charge in [-0.3, -0.25) is 0 Å². The van der Waals surface area contributed by atoms with Crippen molar-refractivity contribution in [2.75, 3.05) is 5.32 Å². The van der Waals surface area contributed by atoms with Gasteiger partial charge in [-0.05, 0) is 29.8 Å². The summed E-state index contributed by atoms with van der Waals surface area (Å²) in [6.45, 7) is 0.500. The molecule has 0 aliphatic heterocycles. The molecule has 4 heteroatoms. The van der Waals surface area contributed by atoms with E-state index in [1.54, 1.807) is 6.07 Å². The summed E-state index contributed by atoms with van der Waals surface area (Å²) < 4.78 is 5.35. The van der Waals surface area contributed by atoms with Crippen LogP contribution in [0.3, 0.4) is 0 Å². The maximum Gasteiger partial charge on any atom is 0.129 e. The molecule has 0 unspecified atom stereocenters. The van der Waals surface area contributed by atoms with Crippen LogP contribution in [0.4, 0.5) is 5.69 Å². The molecule has 90 valence electrons. The number of aliphatic hydroxyl groups is 2. The third-order valence-corrected chi connectivity index (χ3v) is 2.45. The van der Waals surface area contributed by atoms with Gasteiger partial charge in [0.15, 0.2) is 0 Å². The standard InChI is InChI=1S/C13H15NO3/c15-8-10-2-1-3-11(6-10)14-7-12-4-5-13(9-16)17-12/h1-6,14-16H,7-9H2. The van der Waals surface area contributed by atoms with E-state index in [0.29, 0.717) is 12.3 Å². The minimum Gasteiger partial charge on any atom is -0.462 e. The molecule has 4 nitrogen and oxygen atoms in total. The largest absolute Gasteiger partial charge is 0.462 e. The Hall–Kier alpha value is -1.78. The molecule has 0 spiro atoms. The van der Waals surface area contributed by atoms with Crippen LogP contribution in [-0.4, -0.2) is 10.2 Å². The van der Waals surface area contributed by atoms with Gasteiger partial charge < -0.3 is 19.9 Å². The van der Waals surface area contributed by atoms with E-state index < -0.39 is 0 Å². The molecule has 1 aromatic carbocycles. The molecule has 0 bridgehead atoms. The molecule has 3 N–H and O–H groups in total. The molecule has 1 heterocycles. The van der Waals surface area contributed by atoms with Crippen LogP contribution >= 0.6 is 0 Å². The molecule has 0 saturated heterocycles. The highest BCUT2D eigenvalue weighted by Gasteiger charge is 2.01. The normalized spacial score (nSPS) is 10.5. The number of hydrogen-bond acceptors (Lipinski definition) is 4. The van der Waals surface area contributed by atoms with Crippen molar-refractivity contribution in [1.82, 2.24) is 0 Å². The molecule has 1 aromatic heterocycles. The zero-order chi connectivity index (χ0) is 12.1. The first-order chi connectivity index (χ1) is 8.31. The van der Waals surface area contributed by atoms with Crippen molar-refractivity contribution in [2.24, 2.45) is 0 Å². The summed E-state index contributed by atoms with van der Waals surface area (Å²) in [5.74, 6) is 1.33. The fraction of sp³-hybridized carbons (Fsp3) is 0.231. The second-order valence-corrected chi connectivity index (χ2v) is 3.74. The van der Waals surface area contributed by atoms with Crippen molar-refractivity contribution < 1.29 is 14.6 Å². The van der Waals surface area contributed by atoms with E-state index in [-0.39, 0.29) is 13.2 Å². The fourth-order valence-electron chi connectivity index (χ4n) is 1.57. The van der Waals surface area contributed by atoms with Crippen LogP contribution in [0.2, 0.25) is 0 Å². The summed E-state index contributed by atoms with van der Waals surface area (Å²) in [4.78, 5) is 0. The monoisotopic (exact) mass is 233 g/mol. The van der Waals surface area contributed by atoms with E-state index in [0.717, 1.165) is 17.0 Å². The van der Waals surface area contributed by atoms with E-state index in [9.17, 15) is 0 Å². The van der Waals surface area contributed by atoms with Gasteiger partial charge in [0.05, 0.1) is 13.2 Å². The maximum absolute atomic E-state index is 9.01. The lowest BCUT2D eigenvalue weighted by atomic mass is 10.2. The second-order valence-electron chi connectivity index (χ2n) is 3.74.